The summed E-state index contributed by atoms with van der Waals surface area (Å²) in [5.74, 6) is 0.723. The number of aromatic nitrogens is 6. The maximum atomic E-state index is 4.67. The third-order valence-electron chi connectivity index (χ3n) is 3.69. The van der Waals surface area contributed by atoms with E-state index >= 15 is 0 Å². The van der Waals surface area contributed by atoms with Crippen LogP contribution < -0.4 is 0 Å². The lowest BCUT2D eigenvalue weighted by Crippen LogP contribution is -1.91. The van der Waals surface area contributed by atoms with Gasteiger partial charge < -0.3 is 4.98 Å². The Morgan fingerprint density at radius 1 is 1.00 bits per heavy atom. The molecule has 6 nitrogen and oxygen atoms in total. The molecule has 0 saturated carbocycles. The predicted octanol–water partition coefficient (Wildman–Crippen LogP) is 3.40. The number of fused-ring (bicyclic) bond motifs is 2. The van der Waals surface area contributed by atoms with E-state index in [4.69, 9.17) is 0 Å². The van der Waals surface area contributed by atoms with Crippen LogP contribution in [0, 0.1) is 0 Å². The van der Waals surface area contributed by atoms with E-state index in [1.807, 2.05) is 24.3 Å². The number of para-hydroxylation sites is 1. The first-order valence-corrected chi connectivity index (χ1v) is 7.91. The summed E-state index contributed by atoms with van der Waals surface area (Å²) in [4.78, 5) is 8.20. The molecule has 0 amide bonds. The number of rotatable bonds is 2. The first kappa shape index (κ1) is 12.5. The molecule has 0 fully saturated rings. The molecule has 0 aliphatic carbocycles. The van der Waals surface area contributed by atoms with Gasteiger partial charge in [0.25, 0.3) is 0 Å². The number of hydrogen-bond acceptors (Lipinski definition) is 5. The SMILES string of the molecule is c1ccc2[nH]c(-c3nn4c(-c5ccncc5)nnc4s3)cc2c1. The molecular formula is C16H10N6S. The summed E-state index contributed by atoms with van der Waals surface area (Å²) in [5, 5.41) is 15.2. The van der Waals surface area contributed by atoms with Crippen molar-refractivity contribution in [2.24, 2.45) is 0 Å². The summed E-state index contributed by atoms with van der Waals surface area (Å²) >= 11 is 1.51. The molecule has 1 N–H and O–H groups in total. The third-order valence-corrected chi connectivity index (χ3v) is 4.62. The summed E-state index contributed by atoms with van der Waals surface area (Å²) in [6.45, 7) is 0. The van der Waals surface area contributed by atoms with Gasteiger partial charge in [0, 0.05) is 28.9 Å². The molecule has 4 heterocycles. The van der Waals surface area contributed by atoms with Gasteiger partial charge in [0.2, 0.25) is 4.96 Å². The maximum Gasteiger partial charge on any atom is 0.235 e. The summed E-state index contributed by atoms with van der Waals surface area (Å²) in [7, 11) is 0. The fourth-order valence-corrected chi connectivity index (χ4v) is 3.41. The van der Waals surface area contributed by atoms with Crippen molar-refractivity contribution in [2.75, 3.05) is 0 Å². The molecule has 0 atom stereocenters. The minimum atomic E-state index is 0.723. The van der Waals surface area contributed by atoms with Gasteiger partial charge in [-0.2, -0.15) is 9.61 Å². The van der Waals surface area contributed by atoms with Gasteiger partial charge >= 0.3 is 0 Å². The quantitative estimate of drug-likeness (QED) is 0.541. The number of nitrogens with zero attached hydrogens (tertiary/aromatic N) is 5. The van der Waals surface area contributed by atoms with Crippen LogP contribution in [0.4, 0.5) is 0 Å². The van der Waals surface area contributed by atoms with E-state index in [2.05, 4.69) is 43.5 Å². The Morgan fingerprint density at radius 2 is 1.87 bits per heavy atom. The summed E-state index contributed by atoms with van der Waals surface area (Å²) in [5.41, 5.74) is 3.03. The van der Waals surface area contributed by atoms with E-state index in [0.717, 1.165) is 32.6 Å². The number of H-pyrrole nitrogens is 1. The highest BCUT2D eigenvalue weighted by atomic mass is 32.1. The van der Waals surface area contributed by atoms with Crippen LogP contribution in [0.3, 0.4) is 0 Å². The lowest BCUT2D eigenvalue weighted by molar-refractivity contribution is 0.967. The van der Waals surface area contributed by atoms with E-state index < -0.39 is 0 Å². The average Bonchev–Trinajstić information content (AvgIpc) is 3.28. The van der Waals surface area contributed by atoms with Crippen LogP contribution in [-0.2, 0) is 0 Å². The number of pyridine rings is 1. The van der Waals surface area contributed by atoms with Crippen LogP contribution in [0.5, 0.6) is 0 Å². The van der Waals surface area contributed by atoms with Gasteiger partial charge in [-0.25, -0.2) is 0 Å². The van der Waals surface area contributed by atoms with E-state index in [9.17, 15) is 0 Å². The van der Waals surface area contributed by atoms with Crippen LogP contribution in [0.25, 0.3) is 38.0 Å². The molecule has 0 aliphatic heterocycles. The lowest BCUT2D eigenvalue weighted by Gasteiger charge is -1.94. The van der Waals surface area contributed by atoms with Crippen molar-refractivity contribution in [3.63, 3.8) is 0 Å². The third kappa shape index (κ3) is 1.94. The van der Waals surface area contributed by atoms with Gasteiger partial charge in [0.15, 0.2) is 10.8 Å². The molecule has 0 bridgehead atoms. The summed E-state index contributed by atoms with van der Waals surface area (Å²) in [6, 6.07) is 14.1. The second-order valence-corrected chi connectivity index (χ2v) is 6.09. The summed E-state index contributed by atoms with van der Waals surface area (Å²) < 4.78 is 1.78. The fourth-order valence-electron chi connectivity index (χ4n) is 2.60. The maximum absolute atomic E-state index is 4.67. The van der Waals surface area contributed by atoms with Crippen LogP contribution in [0.15, 0.2) is 54.9 Å². The minimum Gasteiger partial charge on any atom is -0.353 e. The van der Waals surface area contributed by atoms with E-state index in [1.165, 1.54) is 16.7 Å². The second-order valence-electron chi connectivity index (χ2n) is 5.13. The monoisotopic (exact) mass is 318 g/mol. The van der Waals surface area contributed by atoms with Crippen LogP contribution in [-0.4, -0.2) is 29.8 Å². The van der Waals surface area contributed by atoms with Crippen molar-refractivity contribution in [3.8, 4) is 22.1 Å². The Kier molecular flexibility index (Phi) is 2.56. The highest BCUT2D eigenvalue weighted by Crippen LogP contribution is 2.29. The van der Waals surface area contributed by atoms with Gasteiger partial charge in [0.05, 0.1) is 5.69 Å². The molecule has 5 rings (SSSR count). The molecule has 7 heteroatoms. The molecule has 0 radical (unpaired) electrons. The topological polar surface area (TPSA) is 71.8 Å². The predicted molar refractivity (Wildman–Crippen MR) is 89.2 cm³/mol. The molecule has 110 valence electrons. The van der Waals surface area contributed by atoms with E-state index in [-0.39, 0.29) is 0 Å². The van der Waals surface area contributed by atoms with Gasteiger partial charge in [0.1, 0.15) is 0 Å². The van der Waals surface area contributed by atoms with Crippen LogP contribution in [0.2, 0.25) is 0 Å². The van der Waals surface area contributed by atoms with Crippen molar-refractivity contribution in [1.29, 1.82) is 0 Å². The van der Waals surface area contributed by atoms with Crippen molar-refractivity contribution in [1.82, 2.24) is 29.8 Å². The highest BCUT2D eigenvalue weighted by Gasteiger charge is 2.15. The standard InChI is InChI=1S/C16H10N6S/c1-2-4-12-11(3-1)9-13(18-12)15-21-22-14(19-20-16(22)23-15)10-5-7-17-8-6-10/h1-9,18H. The molecule has 5 aromatic rings. The van der Waals surface area contributed by atoms with Gasteiger partial charge in [-0.05, 0) is 24.3 Å². The smallest absolute Gasteiger partial charge is 0.235 e. The summed E-state index contributed by atoms with van der Waals surface area (Å²) in [6.07, 6.45) is 3.47. The molecule has 4 aromatic heterocycles. The molecule has 0 saturated heterocycles. The van der Waals surface area contributed by atoms with Gasteiger partial charge in [-0.15, -0.1) is 10.2 Å². The zero-order valence-corrected chi connectivity index (χ0v) is 12.7. The average molecular weight is 318 g/mol. The fraction of sp³-hybridized carbons (Fsp3) is 0. The Balaban J connectivity index is 1.67. The molecule has 0 spiro atoms. The number of hydrogen-bond donors (Lipinski definition) is 1. The number of nitrogens with one attached hydrogen (secondary N) is 1. The van der Waals surface area contributed by atoms with E-state index in [1.54, 1.807) is 16.9 Å². The Labute approximate surface area is 134 Å². The Hall–Kier alpha value is -3.06. The largest absolute Gasteiger partial charge is 0.353 e. The second kappa shape index (κ2) is 4.72. The first-order valence-electron chi connectivity index (χ1n) is 7.09. The Bertz CT molecular complexity index is 1090. The zero-order chi connectivity index (χ0) is 15.2. The highest BCUT2D eigenvalue weighted by molar-refractivity contribution is 7.19. The first-order chi connectivity index (χ1) is 11.4. The molecule has 1 aromatic carbocycles. The van der Waals surface area contributed by atoms with Crippen LogP contribution in [0.1, 0.15) is 0 Å². The Morgan fingerprint density at radius 3 is 2.74 bits per heavy atom. The van der Waals surface area contributed by atoms with Crippen LogP contribution >= 0.6 is 11.3 Å². The zero-order valence-electron chi connectivity index (χ0n) is 11.8. The molecule has 0 unspecified atom stereocenters. The van der Waals surface area contributed by atoms with E-state index in [0.29, 0.717) is 0 Å². The van der Waals surface area contributed by atoms with Gasteiger partial charge in [-0.1, -0.05) is 29.5 Å². The van der Waals surface area contributed by atoms with Crippen molar-refractivity contribution in [2.45, 2.75) is 0 Å². The van der Waals surface area contributed by atoms with Crippen molar-refractivity contribution < 1.29 is 0 Å². The minimum absolute atomic E-state index is 0.723. The van der Waals surface area contributed by atoms with Crippen molar-refractivity contribution in [3.05, 3.63) is 54.9 Å². The molecular weight excluding hydrogens is 308 g/mol. The number of aromatic amines is 1. The van der Waals surface area contributed by atoms with Crippen molar-refractivity contribution >= 4 is 27.2 Å². The molecule has 23 heavy (non-hydrogen) atoms. The van der Waals surface area contributed by atoms with Gasteiger partial charge in [-0.3, -0.25) is 4.98 Å². The lowest BCUT2D eigenvalue weighted by atomic mass is 10.2. The number of benzene rings is 1. The molecule has 0 aliphatic rings. The normalized spacial score (nSPS) is 11.5.